The highest BCUT2D eigenvalue weighted by atomic mass is 16.5. The van der Waals surface area contributed by atoms with Gasteiger partial charge >= 0.3 is 5.97 Å². The average Bonchev–Trinajstić information content (AvgIpc) is 2.30. The van der Waals surface area contributed by atoms with Gasteiger partial charge in [-0.05, 0) is 31.0 Å². The molecule has 0 radical (unpaired) electrons. The van der Waals surface area contributed by atoms with Crippen molar-refractivity contribution in [3.05, 3.63) is 29.8 Å². The second-order valence-corrected chi connectivity index (χ2v) is 3.84. The Morgan fingerprint density at radius 3 is 2.47 bits per heavy atom. The summed E-state index contributed by atoms with van der Waals surface area (Å²) in [6, 6.07) is 7.65. The molecule has 1 aromatic carbocycles. The van der Waals surface area contributed by atoms with Crippen molar-refractivity contribution in [3.8, 4) is 0 Å². The van der Waals surface area contributed by atoms with Gasteiger partial charge in [0.05, 0.1) is 18.7 Å². The van der Waals surface area contributed by atoms with Gasteiger partial charge in [-0.2, -0.15) is 0 Å². The van der Waals surface area contributed by atoms with Crippen LogP contribution in [-0.2, 0) is 16.0 Å². The van der Waals surface area contributed by atoms with Gasteiger partial charge in [0.15, 0.2) is 0 Å². The second kappa shape index (κ2) is 6.91. The van der Waals surface area contributed by atoms with Gasteiger partial charge in [0, 0.05) is 6.54 Å². The first-order valence-electron chi connectivity index (χ1n) is 5.94. The topological polar surface area (TPSA) is 55.6 Å². The van der Waals surface area contributed by atoms with Gasteiger partial charge in [0.1, 0.15) is 0 Å². The lowest BCUT2D eigenvalue weighted by Crippen LogP contribution is -2.31. The number of hydrogen-bond acceptors (Lipinski definition) is 4. The van der Waals surface area contributed by atoms with Gasteiger partial charge in [-0.3, -0.25) is 4.79 Å². The van der Waals surface area contributed by atoms with Crippen LogP contribution in [-0.4, -0.2) is 19.1 Å². The Balaban J connectivity index is 2.58. The van der Waals surface area contributed by atoms with Gasteiger partial charge < -0.3 is 9.75 Å². The van der Waals surface area contributed by atoms with Crippen LogP contribution in [0.5, 0.6) is 0 Å². The van der Waals surface area contributed by atoms with Crippen molar-refractivity contribution in [2.45, 2.75) is 26.7 Å². The fourth-order valence-electron chi connectivity index (χ4n) is 1.55. The summed E-state index contributed by atoms with van der Waals surface area (Å²) in [5.74, 6) is 5.65. The van der Waals surface area contributed by atoms with E-state index in [1.54, 1.807) is 11.9 Å². The zero-order valence-electron chi connectivity index (χ0n) is 10.5. The summed E-state index contributed by atoms with van der Waals surface area (Å²) in [5, 5.41) is 1.70. The third-order valence-corrected chi connectivity index (χ3v) is 2.39. The number of nitrogens with zero attached hydrogens (tertiary/aromatic N) is 1. The maximum absolute atomic E-state index is 11.3. The highest BCUT2D eigenvalue weighted by Gasteiger charge is 2.05. The van der Waals surface area contributed by atoms with E-state index in [4.69, 9.17) is 10.6 Å². The van der Waals surface area contributed by atoms with Gasteiger partial charge in [0.25, 0.3) is 0 Å². The average molecular weight is 236 g/mol. The number of anilines is 1. The molecule has 4 nitrogen and oxygen atoms in total. The molecular formula is C13H20N2O2. The minimum Gasteiger partial charge on any atom is -0.466 e. The van der Waals surface area contributed by atoms with E-state index in [1.807, 2.05) is 24.3 Å². The van der Waals surface area contributed by atoms with Crippen molar-refractivity contribution in [2.24, 2.45) is 5.84 Å². The summed E-state index contributed by atoms with van der Waals surface area (Å²) in [5.41, 5.74) is 1.90. The molecule has 1 aromatic rings. The molecule has 0 saturated carbocycles. The summed E-state index contributed by atoms with van der Waals surface area (Å²) < 4.78 is 4.89. The van der Waals surface area contributed by atoms with E-state index in [1.165, 1.54) is 0 Å². The molecule has 94 valence electrons. The molecule has 0 fully saturated rings. The summed E-state index contributed by atoms with van der Waals surface area (Å²) in [7, 11) is 0. The van der Waals surface area contributed by atoms with E-state index in [-0.39, 0.29) is 5.97 Å². The number of hydrazine groups is 1. The largest absolute Gasteiger partial charge is 0.466 e. The van der Waals surface area contributed by atoms with Crippen LogP contribution in [0.15, 0.2) is 24.3 Å². The molecule has 1 rings (SSSR count). The lowest BCUT2D eigenvalue weighted by molar-refractivity contribution is -0.142. The first-order chi connectivity index (χ1) is 8.17. The molecule has 0 bridgehead atoms. The molecule has 0 spiro atoms. The molecular weight excluding hydrogens is 216 g/mol. The van der Waals surface area contributed by atoms with Crippen LogP contribution in [0.3, 0.4) is 0 Å². The van der Waals surface area contributed by atoms with E-state index in [2.05, 4.69) is 6.92 Å². The summed E-state index contributed by atoms with van der Waals surface area (Å²) in [4.78, 5) is 11.3. The molecule has 0 heterocycles. The highest BCUT2D eigenvalue weighted by molar-refractivity contribution is 5.72. The van der Waals surface area contributed by atoms with Crippen LogP contribution in [0.2, 0.25) is 0 Å². The number of esters is 1. The van der Waals surface area contributed by atoms with Crippen LogP contribution in [0, 0.1) is 0 Å². The third-order valence-electron chi connectivity index (χ3n) is 2.39. The monoisotopic (exact) mass is 236 g/mol. The summed E-state index contributed by atoms with van der Waals surface area (Å²) in [6.45, 7) is 5.12. The number of hydrogen-bond donors (Lipinski definition) is 1. The fourth-order valence-corrected chi connectivity index (χ4v) is 1.55. The van der Waals surface area contributed by atoms with Crippen molar-refractivity contribution >= 4 is 11.7 Å². The maximum Gasteiger partial charge on any atom is 0.310 e. The minimum absolute atomic E-state index is 0.196. The Hall–Kier alpha value is -1.55. The molecule has 0 aliphatic rings. The number of ether oxygens (including phenoxy) is 1. The van der Waals surface area contributed by atoms with E-state index < -0.39 is 0 Å². The number of carbonyl (C=O) groups is 1. The fraction of sp³-hybridized carbons (Fsp3) is 0.462. The van der Waals surface area contributed by atoms with Crippen LogP contribution < -0.4 is 10.9 Å². The third kappa shape index (κ3) is 4.44. The van der Waals surface area contributed by atoms with E-state index in [0.717, 1.165) is 24.2 Å². The van der Waals surface area contributed by atoms with E-state index >= 15 is 0 Å². The Morgan fingerprint density at radius 1 is 1.29 bits per heavy atom. The van der Waals surface area contributed by atoms with Crippen molar-refractivity contribution < 1.29 is 9.53 Å². The number of nitrogens with two attached hydrogens (primary N) is 1. The second-order valence-electron chi connectivity index (χ2n) is 3.84. The SMILES string of the molecule is CCCN(N)c1ccc(CC(=O)OCC)cc1. The predicted octanol–water partition coefficient (Wildman–Crippen LogP) is 1.88. The molecule has 0 atom stereocenters. The lowest BCUT2D eigenvalue weighted by Gasteiger charge is -2.17. The van der Waals surface area contributed by atoms with Gasteiger partial charge in [-0.1, -0.05) is 19.1 Å². The smallest absolute Gasteiger partial charge is 0.310 e. The normalized spacial score (nSPS) is 10.1. The van der Waals surface area contributed by atoms with Crippen molar-refractivity contribution in [1.29, 1.82) is 0 Å². The molecule has 0 aliphatic carbocycles. The molecule has 0 amide bonds. The molecule has 0 unspecified atom stereocenters. The van der Waals surface area contributed by atoms with Gasteiger partial charge in [-0.25, -0.2) is 5.84 Å². The summed E-state index contributed by atoms with van der Waals surface area (Å²) in [6.07, 6.45) is 1.31. The van der Waals surface area contributed by atoms with E-state index in [9.17, 15) is 4.79 Å². The van der Waals surface area contributed by atoms with Crippen molar-refractivity contribution in [3.63, 3.8) is 0 Å². The molecule has 0 aromatic heterocycles. The molecule has 0 aliphatic heterocycles. The molecule has 4 heteroatoms. The molecule has 17 heavy (non-hydrogen) atoms. The number of rotatable bonds is 6. The minimum atomic E-state index is -0.196. The summed E-state index contributed by atoms with van der Waals surface area (Å²) >= 11 is 0. The van der Waals surface area contributed by atoms with Gasteiger partial charge in [-0.15, -0.1) is 0 Å². The Kier molecular flexibility index (Phi) is 5.49. The van der Waals surface area contributed by atoms with Gasteiger partial charge in [0.2, 0.25) is 0 Å². The number of carbonyl (C=O) groups excluding carboxylic acids is 1. The zero-order valence-corrected chi connectivity index (χ0v) is 10.5. The standard InChI is InChI=1S/C13H20N2O2/c1-3-9-15(14)12-7-5-11(6-8-12)10-13(16)17-4-2/h5-8H,3-4,9-10,14H2,1-2H3. The Morgan fingerprint density at radius 2 is 1.94 bits per heavy atom. The van der Waals surface area contributed by atoms with Crippen LogP contribution >= 0.6 is 0 Å². The van der Waals surface area contributed by atoms with Crippen molar-refractivity contribution in [2.75, 3.05) is 18.2 Å². The predicted molar refractivity (Wildman–Crippen MR) is 68.6 cm³/mol. The van der Waals surface area contributed by atoms with Crippen LogP contribution in [0.1, 0.15) is 25.8 Å². The lowest BCUT2D eigenvalue weighted by atomic mass is 10.1. The Bertz CT molecular complexity index is 349. The van der Waals surface area contributed by atoms with Crippen LogP contribution in [0.25, 0.3) is 0 Å². The highest BCUT2D eigenvalue weighted by Crippen LogP contribution is 2.13. The molecule has 0 saturated heterocycles. The Labute approximate surface area is 102 Å². The maximum atomic E-state index is 11.3. The number of benzene rings is 1. The zero-order chi connectivity index (χ0) is 12.7. The first kappa shape index (κ1) is 13.5. The van der Waals surface area contributed by atoms with Crippen molar-refractivity contribution in [1.82, 2.24) is 0 Å². The quantitative estimate of drug-likeness (QED) is 0.465. The van der Waals surface area contributed by atoms with Crippen LogP contribution in [0.4, 0.5) is 5.69 Å². The molecule has 2 N–H and O–H groups in total. The first-order valence-corrected chi connectivity index (χ1v) is 5.94. The van der Waals surface area contributed by atoms with E-state index in [0.29, 0.717) is 13.0 Å².